The molecule has 0 aromatic heterocycles. The summed E-state index contributed by atoms with van der Waals surface area (Å²) in [6.45, 7) is 0. The van der Waals surface area contributed by atoms with Crippen molar-refractivity contribution in [1.29, 1.82) is 0 Å². The highest BCUT2D eigenvalue weighted by Gasteiger charge is 2.13. The van der Waals surface area contributed by atoms with E-state index >= 15 is 0 Å². The standard InChI is InChI=1S/C17H15Cl2NO3/c1-23-16-8-6-11(18)10-14(16)20-17(22)9-7-15(21)12-4-2-3-5-13(12)19/h2-6,8,10H,7,9H2,1H3,(H,20,22). The van der Waals surface area contributed by atoms with Crippen LogP contribution in [-0.4, -0.2) is 18.8 Å². The van der Waals surface area contributed by atoms with Gasteiger partial charge in [-0.15, -0.1) is 0 Å². The van der Waals surface area contributed by atoms with E-state index in [1.54, 1.807) is 42.5 Å². The molecule has 2 aromatic rings. The smallest absolute Gasteiger partial charge is 0.224 e. The molecule has 0 spiro atoms. The van der Waals surface area contributed by atoms with Crippen molar-refractivity contribution in [2.24, 2.45) is 0 Å². The van der Waals surface area contributed by atoms with Crippen LogP contribution in [0.15, 0.2) is 42.5 Å². The largest absolute Gasteiger partial charge is 0.495 e. The summed E-state index contributed by atoms with van der Waals surface area (Å²) in [7, 11) is 1.50. The van der Waals surface area contributed by atoms with E-state index in [2.05, 4.69) is 5.32 Å². The molecule has 0 saturated carbocycles. The number of Topliss-reactive ketones (excluding diaryl/α,β-unsaturated/α-hetero) is 1. The van der Waals surface area contributed by atoms with Crippen LogP contribution in [0.1, 0.15) is 23.2 Å². The van der Waals surface area contributed by atoms with E-state index in [0.717, 1.165) is 0 Å². The SMILES string of the molecule is COc1ccc(Cl)cc1NC(=O)CCC(=O)c1ccccc1Cl. The number of hydrogen-bond donors (Lipinski definition) is 1. The van der Waals surface area contributed by atoms with E-state index in [4.69, 9.17) is 27.9 Å². The molecule has 6 heteroatoms. The highest BCUT2D eigenvalue weighted by Crippen LogP contribution is 2.28. The molecule has 23 heavy (non-hydrogen) atoms. The summed E-state index contributed by atoms with van der Waals surface area (Å²) in [4.78, 5) is 24.1. The molecule has 4 nitrogen and oxygen atoms in total. The first kappa shape index (κ1) is 17.3. The zero-order valence-corrected chi connectivity index (χ0v) is 13.9. The van der Waals surface area contributed by atoms with Crippen molar-refractivity contribution >= 4 is 40.6 Å². The molecular formula is C17H15Cl2NO3. The Bertz CT molecular complexity index is 732. The number of ether oxygens (including phenoxy) is 1. The van der Waals surface area contributed by atoms with Crippen LogP contribution in [0.3, 0.4) is 0 Å². The van der Waals surface area contributed by atoms with Crippen molar-refractivity contribution in [2.45, 2.75) is 12.8 Å². The number of rotatable bonds is 6. The summed E-state index contributed by atoms with van der Waals surface area (Å²) >= 11 is 11.9. The summed E-state index contributed by atoms with van der Waals surface area (Å²) in [5, 5.41) is 3.55. The minimum absolute atomic E-state index is 0.0414. The van der Waals surface area contributed by atoms with E-state index < -0.39 is 0 Å². The molecule has 120 valence electrons. The molecule has 0 saturated heterocycles. The molecule has 2 rings (SSSR count). The molecular weight excluding hydrogens is 337 g/mol. The first-order valence-corrected chi connectivity index (χ1v) is 7.68. The van der Waals surface area contributed by atoms with Gasteiger partial charge in [0.05, 0.1) is 17.8 Å². The van der Waals surface area contributed by atoms with Crippen LogP contribution in [0.5, 0.6) is 5.75 Å². The summed E-state index contributed by atoms with van der Waals surface area (Å²) < 4.78 is 5.15. The minimum atomic E-state index is -0.300. The fourth-order valence-electron chi connectivity index (χ4n) is 2.04. The molecule has 0 aliphatic rings. The Kier molecular flexibility index (Phi) is 6.02. The molecule has 0 aliphatic carbocycles. The molecule has 0 atom stereocenters. The van der Waals surface area contributed by atoms with E-state index in [9.17, 15) is 9.59 Å². The van der Waals surface area contributed by atoms with E-state index in [1.165, 1.54) is 7.11 Å². The molecule has 1 N–H and O–H groups in total. The average Bonchev–Trinajstić information content (AvgIpc) is 2.53. The van der Waals surface area contributed by atoms with Gasteiger partial charge < -0.3 is 10.1 Å². The number of ketones is 1. The van der Waals surface area contributed by atoms with E-state index in [0.29, 0.717) is 27.0 Å². The molecule has 0 fully saturated rings. The van der Waals surface area contributed by atoms with Crippen LogP contribution >= 0.6 is 23.2 Å². The van der Waals surface area contributed by atoms with Crippen molar-refractivity contribution in [1.82, 2.24) is 0 Å². The van der Waals surface area contributed by atoms with Gasteiger partial charge in [-0.2, -0.15) is 0 Å². The number of halogens is 2. The average molecular weight is 352 g/mol. The number of nitrogens with one attached hydrogen (secondary N) is 1. The van der Waals surface area contributed by atoms with Crippen LogP contribution in [0, 0.1) is 0 Å². The number of amides is 1. The second kappa shape index (κ2) is 7.99. The summed E-state index contributed by atoms with van der Waals surface area (Å²) in [6.07, 6.45) is 0.109. The van der Waals surface area contributed by atoms with E-state index in [-0.39, 0.29) is 24.5 Å². The maximum Gasteiger partial charge on any atom is 0.224 e. The Morgan fingerprint density at radius 3 is 2.52 bits per heavy atom. The highest BCUT2D eigenvalue weighted by molar-refractivity contribution is 6.34. The van der Waals surface area contributed by atoms with Crippen molar-refractivity contribution in [3.05, 3.63) is 58.1 Å². The lowest BCUT2D eigenvalue weighted by molar-refractivity contribution is -0.116. The minimum Gasteiger partial charge on any atom is -0.495 e. The van der Waals surface area contributed by atoms with E-state index in [1.807, 2.05) is 0 Å². The molecule has 2 aromatic carbocycles. The van der Waals surface area contributed by atoms with Gasteiger partial charge in [0.2, 0.25) is 5.91 Å². The molecule has 1 amide bonds. The number of anilines is 1. The molecule has 0 bridgehead atoms. The normalized spacial score (nSPS) is 10.2. The van der Waals surface area contributed by atoms with Gasteiger partial charge in [-0.1, -0.05) is 35.3 Å². The Morgan fingerprint density at radius 2 is 1.83 bits per heavy atom. The zero-order valence-electron chi connectivity index (χ0n) is 12.4. The van der Waals surface area contributed by atoms with Gasteiger partial charge in [-0.25, -0.2) is 0 Å². The lowest BCUT2D eigenvalue weighted by atomic mass is 10.1. The van der Waals surface area contributed by atoms with Crippen molar-refractivity contribution in [3.63, 3.8) is 0 Å². The predicted octanol–water partition coefficient (Wildman–Crippen LogP) is 4.60. The quantitative estimate of drug-likeness (QED) is 0.773. The first-order chi connectivity index (χ1) is 11.0. The lowest BCUT2D eigenvalue weighted by Gasteiger charge is -2.10. The second-order valence-corrected chi connectivity index (χ2v) is 5.64. The molecule has 0 aliphatic heterocycles. The van der Waals surface area contributed by atoms with Crippen LogP contribution in [0.25, 0.3) is 0 Å². The fourth-order valence-corrected chi connectivity index (χ4v) is 2.45. The summed E-state index contributed by atoms with van der Waals surface area (Å²) in [6, 6.07) is 11.7. The maximum atomic E-state index is 12.1. The highest BCUT2D eigenvalue weighted by atomic mass is 35.5. The van der Waals surface area contributed by atoms with Gasteiger partial charge in [0.25, 0.3) is 0 Å². The van der Waals surface area contributed by atoms with Gasteiger partial charge in [0.1, 0.15) is 5.75 Å². The summed E-state index contributed by atoms with van der Waals surface area (Å²) in [5.74, 6) is 0.0231. The number of methoxy groups -OCH3 is 1. The van der Waals surface area contributed by atoms with Crippen molar-refractivity contribution < 1.29 is 14.3 Å². The number of benzene rings is 2. The molecule has 0 unspecified atom stereocenters. The topological polar surface area (TPSA) is 55.4 Å². The van der Waals surface area contributed by atoms with Crippen LogP contribution < -0.4 is 10.1 Å². The fraction of sp³-hybridized carbons (Fsp3) is 0.176. The van der Waals surface area contributed by atoms with Gasteiger partial charge >= 0.3 is 0 Å². The Labute approximate surface area is 144 Å². The third kappa shape index (κ3) is 4.71. The van der Waals surface area contributed by atoms with Gasteiger partial charge in [-0.3, -0.25) is 9.59 Å². The van der Waals surface area contributed by atoms with Crippen molar-refractivity contribution in [2.75, 3.05) is 12.4 Å². The monoisotopic (exact) mass is 351 g/mol. The Hall–Kier alpha value is -2.04. The van der Waals surface area contributed by atoms with Crippen LogP contribution in [-0.2, 0) is 4.79 Å². The zero-order chi connectivity index (χ0) is 16.8. The van der Waals surface area contributed by atoms with Gasteiger partial charge in [0, 0.05) is 23.4 Å². The lowest BCUT2D eigenvalue weighted by Crippen LogP contribution is -2.14. The predicted molar refractivity (Wildman–Crippen MR) is 91.7 cm³/mol. The number of carbonyl (C=O) groups is 2. The summed E-state index contributed by atoms with van der Waals surface area (Å²) in [5.41, 5.74) is 0.887. The second-order valence-electron chi connectivity index (χ2n) is 4.80. The van der Waals surface area contributed by atoms with Crippen molar-refractivity contribution in [3.8, 4) is 5.75 Å². The van der Waals surface area contributed by atoms with Gasteiger partial charge in [0.15, 0.2) is 5.78 Å². The molecule has 0 heterocycles. The first-order valence-electron chi connectivity index (χ1n) is 6.92. The number of carbonyl (C=O) groups excluding carboxylic acids is 2. The maximum absolute atomic E-state index is 12.1. The third-order valence-electron chi connectivity index (χ3n) is 3.19. The Morgan fingerprint density at radius 1 is 1.09 bits per heavy atom. The van der Waals surface area contributed by atoms with Crippen LogP contribution in [0.2, 0.25) is 10.0 Å². The Balaban J connectivity index is 1.97. The third-order valence-corrected chi connectivity index (χ3v) is 3.75. The van der Waals surface area contributed by atoms with Gasteiger partial charge in [-0.05, 0) is 30.3 Å². The molecule has 0 radical (unpaired) electrons. The van der Waals surface area contributed by atoms with Crippen LogP contribution in [0.4, 0.5) is 5.69 Å². The number of hydrogen-bond acceptors (Lipinski definition) is 3.